The molecule has 0 aromatic rings. The van der Waals surface area contributed by atoms with E-state index in [0.29, 0.717) is 42.4 Å². The first-order valence-corrected chi connectivity index (χ1v) is 13.3. The van der Waals surface area contributed by atoms with Gasteiger partial charge < -0.3 is 20.4 Å². The van der Waals surface area contributed by atoms with E-state index < -0.39 is 23.8 Å². The van der Waals surface area contributed by atoms with Gasteiger partial charge in [-0.05, 0) is 86.4 Å². The molecule has 0 amide bonds. The van der Waals surface area contributed by atoms with E-state index in [1.807, 2.05) is 6.92 Å². The molecule has 0 aromatic heterocycles. The molecule has 5 nitrogen and oxygen atoms in total. The molecule has 0 aromatic carbocycles. The SMILES string of the molecule is CC(CCC[C@@H](C)[C@H]1CC[C@H]2[C@@H]3C[C@@H](O)[C@@]4(O)C[C@@H](O)CC[C@]4(C)[C@H]3CC[C@]12C)C(=O)O. The molecule has 1 unspecified atom stereocenters. The maximum Gasteiger partial charge on any atom is 0.306 e. The quantitative estimate of drug-likeness (QED) is 0.473. The van der Waals surface area contributed by atoms with Gasteiger partial charge in [-0.3, -0.25) is 4.79 Å². The van der Waals surface area contributed by atoms with Gasteiger partial charge in [-0.2, -0.15) is 0 Å². The number of carboxylic acid groups (broad SMARTS) is 1. The van der Waals surface area contributed by atoms with Crippen LogP contribution >= 0.6 is 0 Å². The Morgan fingerprint density at radius 1 is 1.00 bits per heavy atom. The largest absolute Gasteiger partial charge is 0.481 e. The average molecular weight is 451 g/mol. The van der Waals surface area contributed by atoms with Crippen LogP contribution in [0.4, 0.5) is 0 Å². The summed E-state index contributed by atoms with van der Waals surface area (Å²) in [6.45, 7) is 8.86. The lowest BCUT2D eigenvalue weighted by Gasteiger charge is -2.65. The molecule has 0 bridgehead atoms. The standard InChI is InChI=1S/C27H46O5/c1-16(6-5-7-17(2)24(30)31)20-8-9-21-19-14-23(29)27(32)15-18(28)10-13-26(27,4)22(19)11-12-25(20,21)3/h16-23,28-29,32H,5-15H2,1-4H3,(H,30,31)/t16-,17?,18+,19+,20-,21+,22+,23-,25-,26-,27+/m1/s1. The van der Waals surface area contributed by atoms with Crippen molar-refractivity contribution in [1.29, 1.82) is 0 Å². The van der Waals surface area contributed by atoms with Crippen molar-refractivity contribution >= 4 is 5.97 Å². The monoisotopic (exact) mass is 450 g/mol. The molecule has 4 rings (SSSR count). The zero-order valence-electron chi connectivity index (χ0n) is 20.6. The minimum Gasteiger partial charge on any atom is -0.481 e. The van der Waals surface area contributed by atoms with Crippen molar-refractivity contribution in [3.05, 3.63) is 0 Å². The second-order valence-corrected chi connectivity index (χ2v) is 12.7. The van der Waals surface area contributed by atoms with Crippen LogP contribution in [-0.4, -0.2) is 44.2 Å². The molecule has 4 aliphatic rings. The highest BCUT2D eigenvalue weighted by Gasteiger charge is 2.67. The Bertz CT molecular complexity index is 710. The number of aliphatic carboxylic acids is 1. The van der Waals surface area contributed by atoms with Gasteiger partial charge in [0.2, 0.25) is 0 Å². The van der Waals surface area contributed by atoms with Gasteiger partial charge >= 0.3 is 5.97 Å². The number of aliphatic hydroxyl groups is 3. The number of rotatable bonds is 6. The Hall–Kier alpha value is -0.650. The van der Waals surface area contributed by atoms with E-state index in [1.54, 1.807) is 0 Å². The number of carboxylic acids is 1. The van der Waals surface area contributed by atoms with Gasteiger partial charge in [0.15, 0.2) is 0 Å². The van der Waals surface area contributed by atoms with Crippen LogP contribution in [0.15, 0.2) is 0 Å². The van der Waals surface area contributed by atoms with Crippen molar-refractivity contribution in [3.63, 3.8) is 0 Å². The Morgan fingerprint density at radius 2 is 1.72 bits per heavy atom. The van der Waals surface area contributed by atoms with E-state index in [2.05, 4.69) is 20.8 Å². The maximum absolute atomic E-state index is 11.6. The first-order valence-electron chi connectivity index (χ1n) is 13.3. The van der Waals surface area contributed by atoms with E-state index in [9.17, 15) is 20.1 Å². The lowest BCUT2D eigenvalue weighted by molar-refractivity contribution is -0.264. The molecule has 4 fully saturated rings. The van der Waals surface area contributed by atoms with E-state index in [1.165, 1.54) is 19.3 Å². The smallest absolute Gasteiger partial charge is 0.306 e. The first-order chi connectivity index (χ1) is 14.9. The third-order valence-electron chi connectivity index (χ3n) is 11.3. The second kappa shape index (κ2) is 8.53. The zero-order chi connectivity index (χ0) is 23.5. The summed E-state index contributed by atoms with van der Waals surface area (Å²) in [6, 6.07) is 0. The highest BCUT2D eigenvalue weighted by Crippen LogP contribution is 2.69. The van der Waals surface area contributed by atoms with Crippen LogP contribution in [0, 0.1) is 46.3 Å². The van der Waals surface area contributed by atoms with Gasteiger partial charge in [-0.25, -0.2) is 0 Å². The van der Waals surface area contributed by atoms with E-state index in [0.717, 1.165) is 38.5 Å². The minimum atomic E-state index is -1.16. The first kappa shape index (κ1) is 24.5. The number of hydrogen-bond donors (Lipinski definition) is 4. The molecular formula is C27H46O5. The van der Waals surface area contributed by atoms with Crippen molar-refractivity contribution < 1.29 is 25.2 Å². The van der Waals surface area contributed by atoms with Crippen LogP contribution in [0.2, 0.25) is 0 Å². The molecular weight excluding hydrogens is 404 g/mol. The Kier molecular flexibility index (Phi) is 6.53. The second-order valence-electron chi connectivity index (χ2n) is 12.7. The van der Waals surface area contributed by atoms with Gasteiger partial charge in [0.25, 0.3) is 0 Å². The predicted molar refractivity (Wildman–Crippen MR) is 124 cm³/mol. The summed E-state index contributed by atoms with van der Waals surface area (Å²) in [5, 5.41) is 42.2. The number of carbonyl (C=O) groups is 1. The molecule has 184 valence electrons. The van der Waals surface area contributed by atoms with Crippen LogP contribution in [0.5, 0.6) is 0 Å². The molecule has 5 heteroatoms. The summed E-state index contributed by atoms with van der Waals surface area (Å²) in [4.78, 5) is 11.1. The Balaban J connectivity index is 1.48. The van der Waals surface area contributed by atoms with E-state index >= 15 is 0 Å². The summed E-state index contributed by atoms with van der Waals surface area (Å²) in [5.41, 5.74) is -1.20. The highest BCUT2D eigenvalue weighted by atomic mass is 16.4. The highest BCUT2D eigenvalue weighted by molar-refractivity contribution is 5.69. The van der Waals surface area contributed by atoms with E-state index in [-0.39, 0.29) is 16.7 Å². The van der Waals surface area contributed by atoms with Crippen LogP contribution in [-0.2, 0) is 4.79 Å². The molecule has 32 heavy (non-hydrogen) atoms. The third kappa shape index (κ3) is 3.65. The maximum atomic E-state index is 11.6. The van der Waals surface area contributed by atoms with Crippen molar-refractivity contribution in [1.82, 2.24) is 0 Å². The Morgan fingerprint density at radius 3 is 2.41 bits per heavy atom. The fourth-order valence-electron chi connectivity index (χ4n) is 9.31. The molecule has 4 aliphatic carbocycles. The fourth-order valence-corrected chi connectivity index (χ4v) is 9.31. The summed E-state index contributed by atoms with van der Waals surface area (Å²) in [5.74, 6) is 1.76. The van der Waals surface area contributed by atoms with Crippen LogP contribution in [0.25, 0.3) is 0 Å². The average Bonchev–Trinajstić information content (AvgIpc) is 3.07. The van der Waals surface area contributed by atoms with Gasteiger partial charge in [-0.15, -0.1) is 0 Å². The fraction of sp³-hybridized carbons (Fsp3) is 0.963. The normalized spacial score (nSPS) is 50.1. The lowest BCUT2D eigenvalue weighted by Crippen LogP contribution is -2.68. The molecule has 0 saturated heterocycles. The van der Waals surface area contributed by atoms with Crippen molar-refractivity contribution in [2.45, 2.75) is 116 Å². The molecule has 0 spiro atoms. The summed E-state index contributed by atoms with van der Waals surface area (Å²) < 4.78 is 0. The van der Waals surface area contributed by atoms with E-state index in [4.69, 9.17) is 5.11 Å². The summed E-state index contributed by atoms with van der Waals surface area (Å²) in [6.07, 6.45) is 8.81. The number of hydrogen-bond acceptors (Lipinski definition) is 4. The van der Waals surface area contributed by atoms with Crippen molar-refractivity contribution in [2.75, 3.05) is 0 Å². The van der Waals surface area contributed by atoms with Crippen LogP contribution < -0.4 is 0 Å². The van der Waals surface area contributed by atoms with Gasteiger partial charge in [0, 0.05) is 11.8 Å². The molecule has 11 atom stereocenters. The third-order valence-corrected chi connectivity index (χ3v) is 11.3. The molecule has 0 heterocycles. The van der Waals surface area contributed by atoms with Gasteiger partial charge in [0.1, 0.15) is 0 Å². The topological polar surface area (TPSA) is 98.0 Å². The van der Waals surface area contributed by atoms with Gasteiger partial charge in [0.05, 0.1) is 23.7 Å². The predicted octanol–water partition coefficient (Wildman–Crippen LogP) is 4.62. The molecule has 0 aliphatic heterocycles. The summed E-state index contributed by atoms with van der Waals surface area (Å²) >= 11 is 0. The number of aliphatic hydroxyl groups excluding tert-OH is 2. The molecule has 4 N–H and O–H groups in total. The van der Waals surface area contributed by atoms with Gasteiger partial charge in [-0.1, -0.05) is 40.5 Å². The number of fused-ring (bicyclic) bond motifs is 5. The van der Waals surface area contributed by atoms with Crippen LogP contribution in [0.3, 0.4) is 0 Å². The molecule has 0 radical (unpaired) electrons. The van der Waals surface area contributed by atoms with Crippen molar-refractivity contribution in [3.8, 4) is 0 Å². The zero-order valence-corrected chi connectivity index (χ0v) is 20.6. The summed E-state index contributed by atoms with van der Waals surface area (Å²) in [7, 11) is 0. The minimum absolute atomic E-state index is 0.262. The Labute approximate surface area is 194 Å². The molecule has 4 saturated carbocycles. The van der Waals surface area contributed by atoms with Crippen LogP contribution in [0.1, 0.15) is 98.3 Å². The van der Waals surface area contributed by atoms with Crippen molar-refractivity contribution in [2.24, 2.45) is 46.3 Å². The lowest BCUT2D eigenvalue weighted by atomic mass is 9.42.